The average Bonchev–Trinajstić information content (AvgIpc) is 2.65. The minimum absolute atomic E-state index is 0.0384. The third kappa shape index (κ3) is 2.96. The van der Waals surface area contributed by atoms with Gasteiger partial charge in [0.05, 0.1) is 0 Å². The second kappa shape index (κ2) is 7.01. The van der Waals surface area contributed by atoms with E-state index < -0.39 is 0 Å². The number of benzene rings is 3. The van der Waals surface area contributed by atoms with Gasteiger partial charge in [0.1, 0.15) is 0 Å². The molecule has 0 N–H and O–H groups in total. The van der Waals surface area contributed by atoms with Gasteiger partial charge >= 0.3 is 0 Å². The van der Waals surface area contributed by atoms with Gasteiger partial charge in [0, 0.05) is 0 Å². The lowest BCUT2D eigenvalue weighted by Crippen LogP contribution is -2.62. The molecular weight excluding hydrogens is 359 g/mol. The highest BCUT2D eigenvalue weighted by Crippen LogP contribution is 2.49. The van der Waals surface area contributed by atoms with Gasteiger partial charge in [0.2, 0.25) is 0 Å². The van der Waals surface area contributed by atoms with Crippen LogP contribution in [0.1, 0.15) is 95.0 Å². The maximum atomic E-state index is 2.49. The normalized spacial score (nSPS) is 17.2. The topological polar surface area (TPSA) is 0 Å². The van der Waals surface area contributed by atoms with Crippen LogP contribution in [0.5, 0.6) is 0 Å². The monoisotopic (exact) mass is 396 g/mol. The smallest absolute Gasteiger partial charge is 0.0714 e. The lowest BCUT2D eigenvalue weighted by atomic mass is 9.16. The van der Waals surface area contributed by atoms with E-state index in [0.29, 0.717) is 18.5 Å². The third-order valence-electron chi connectivity index (χ3n) is 7.66. The van der Waals surface area contributed by atoms with Gasteiger partial charge in [-0.25, -0.2) is 0 Å². The molecule has 3 aromatic carbocycles. The van der Waals surface area contributed by atoms with Crippen molar-refractivity contribution in [3.8, 4) is 0 Å². The first-order valence-corrected chi connectivity index (χ1v) is 11.6. The highest BCUT2D eigenvalue weighted by atomic mass is 14.4. The van der Waals surface area contributed by atoms with E-state index in [0.717, 1.165) is 0 Å². The van der Waals surface area contributed by atoms with E-state index in [1.807, 2.05) is 0 Å². The van der Waals surface area contributed by atoms with Crippen molar-refractivity contribution in [3.63, 3.8) is 0 Å². The fourth-order valence-corrected chi connectivity index (χ4v) is 6.50. The molecule has 0 amide bonds. The summed E-state index contributed by atoms with van der Waals surface area (Å²) in [5.41, 5.74) is 9.04. The Labute approximate surface area is 184 Å². The van der Waals surface area contributed by atoms with Crippen molar-refractivity contribution in [1.29, 1.82) is 0 Å². The van der Waals surface area contributed by atoms with E-state index in [1.54, 1.807) is 5.46 Å². The lowest BCUT2D eigenvalue weighted by Gasteiger charge is -2.50. The molecule has 0 aliphatic carbocycles. The second-order valence-electron chi connectivity index (χ2n) is 11.3. The maximum Gasteiger partial charge on any atom is 0.197 e. The van der Waals surface area contributed by atoms with Crippen LogP contribution in [0.2, 0.25) is 0 Å². The van der Waals surface area contributed by atoms with Crippen LogP contribution >= 0.6 is 0 Å². The fourth-order valence-electron chi connectivity index (χ4n) is 6.50. The van der Waals surface area contributed by atoms with E-state index in [4.69, 9.17) is 0 Å². The molecule has 0 spiro atoms. The fraction of sp³-hybridized carbons (Fsp3) is 0.448. The first kappa shape index (κ1) is 21.2. The number of aryl methyl sites for hydroxylation is 1. The van der Waals surface area contributed by atoms with E-state index >= 15 is 0 Å². The molecule has 4 rings (SSSR count). The molecule has 156 valence electrons. The standard InChI is InChI=1S/C29H37B/c1-18(2)22-13-11-14-23(19(3)4)27(22)30-28(6,7)24-15-10-12-21-16-20(5)17-25(26(21)24)29(30,8)9/h10-19H,1-9H3. The van der Waals surface area contributed by atoms with Gasteiger partial charge in [-0.3, -0.25) is 0 Å². The van der Waals surface area contributed by atoms with Crippen LogP contribution < -0.4 is 5.46 Å². The zero-order valence-corrected chi connectivity index (χ0v) is 20.4. The first-order valence-electron chi connectivity index (χ1n) is 11.6. The molecule has 0 aromatic heterocycles. The van der Waals surface area contributed by atoms with E-state index in [-0.39, 0.29) is 10.6 Å². The Morgan fingerprint density at radius 2 is 1.23 bits per heavy atom. The van der Waals surface area contributed by atoms with Crippen LogP contribution in [0.3, 0.4) is 0 Å². The zero-order chi connectivity index (χ0) is 22.0. The van der Waals surface area contributed by atoms with Gasteiger partial charge in [0.15, 0.2) is 6.71 Å². The Morgan fingerprint density at radius 3 is 1.80 bits per heavy atom. The van der Waals surface area contributed by atoms with Crippen LogP contribution in [0, 0.1) is 6.92 Å². The molecule has 1 aliphatic heterocycles. The minimum Gasteiger partial charge on any atom is -0.0714 e. The van der Waals surface area contributed by atoms with Crippen LogP contribution in [0.25, 0.3) is 10.8 Å². The predicted octanol–water partition coefficient (Wildman–Crippen LogP) is 7.44. The Bertz CT molecular complexity index is 1090. The lowest BCUT2D eigenvalue weighted by molar-refractivity contribution is 0.633. The largest absolute Gasteiger partial charge is 0.197 e. The average molecular weight is 396 g/mol. The summed E-state index contributed by atoms with van der Waals surface area (Å²) in [5, 5.41) is 2.96. The van der Waals surface area contributed by atoms with Crippen LogP contribution in [0.15, 0.2) is 48.5 Å². The molecule has 0 atom stereocenters. The molecule has 0 saturated carbocycles. The maximum absolute atomic E-state index is 2.49. The summed E-state index contributed by atoms with van der Waals surface area (Å²) in [7, 11) is 0. The highest BCUT2D eigenvalue weighted by molar-refractivity contribution is 6.80. The summed E-state index contributed by atoms with van der Waals surface area (Å²) in [5.74, 6) is 1.03. The second-order valence-corrected chi connectivity index (χ2v) is 11.3. The zero-order valence-electron chi connectivity index (χ0n) is 20.4. The van der Waals surface area contributed by atoms with Gasteiger partial charge in [-0.2, -0.15) is 0 Å². The molecule has 0 nitrogen and oxygen atoms in total. The molecule has 30 heavy (non-hydrogen) atoms. The molecule has 1 heterocycles. The molecular formula is C29H37B. The summed E-state index contributed by atoms with van der Waals surface area (Å²) in [6.07, 6.45) is 0. The molecule has 0 fully saturated rings. The predicted molar refractivity (Wildman–Crippen MR) is 135 cm³/mol. The summed E-state index contributed by atoms with van der Waals surface area (Å²) in [4.78, 5) is 0. The summed E-state index contributed by atoms with van der Waals surface area (Å²) >= 11 is 0. The van der Waals surface area contributed by atoms with E-state index in [2.05, 4.69) is 111 Å². The van der Waals surface area contributed by atoms with Gasteiger partial charge in [-0.1, -0.05) is 126 Å². The Hall–Kier alpha value is -2.02. The van der Waals surface area contributed by atoms with Crippen LogP contribution in [-0.2, 0) is 10.6 Å². The molecule has 0 radical (unpaired) electrons. The van der Waals surface area contributed by atoms with Crippen molar-refractivity contribution in [2.24, 2.45) is 0 Å². The summed E-state index contributed by atoms with van der Waals surface area (Å²) in [6, 6.07) is 18.8. The number of rotatable bonds is 3. The summed E-state index contributed by atoms with van der Waals surface area (Å²) < 4.78 is 0. The molecule has 0 saturated heterocycles. The summed E-state index contributed by atoms with van der Waals surface area (Å²) in [6.45, 7) is 22.0. The quantitative estimate of drug-likeness (QED) is 0.404. The van der Waals surface area contributed by atoms with Crippen LogP contribution in [0.4, 0.5) is 0 Å². The molecule has 1 heteroatoms. The molecule has 0 unspecified atom stereocenters. The number of hydrogen-bond donors (Lipinski definition) is 0. The first-order chi connectivity index (χ1) is 14.0. The van der Waals surface area contributed by atoms with Gasteiger partial charge < -0.3 is 0 Å². The number of hydrogen-bond acceptors (Lipinski definition) is 0. The van der Waals surface area contributed by atoms with Crippen LogP contribution in [-0.4, -0.2) is 6.71 Å². The van der Waals surface area contributed by atoms with Gasteiger partial charge in [-0.15, -0.1) is 0 Å². The van der Waals surface area contributed by atoms with E-state index in [1.165, 1.54) is 38.6 Å². The van der Waals surface area contributed by atoms with E-state index in [9.17, 15) is 0 Å². The van der Waals surface area contributed by atoms with Crippen molar-refractivity contribution in [3.05, 3.63) is 76.3 Å². The Morgan fingerprint density at radius 1 is 0.700 bits per heavy atom. The SMILES string of the molecule is Cc1cc2c3c(cccc3c1)C(C)(C)B(c1c(C(C)C)cccc1C(C)C)C2(C)C. The molecule has 3 aromatic rings. The molecule has 1 aliphatic rings. The van der Waals surface area contributed by atoms with Gasteiger partial charge in [0.25, 0.3) is 0 Å². The molecule has 0 bridgehead atoms. The van der Waals surface area contributed by atoms with Crippen molar-refractivity contribution in [1.82, 2.24) is 0 Å². The third-order valence-corrected chi connectivity index (χ3v) is 7.66. The van der Waals surface area contributed by atoms with Crippen molar-refractivity contribution in [2.75, 3.05) is 0 Å². The van der Waals surface area contributed by atoms with Crippen molar-refractivity contribution < 1.29 is 0 Å². The minimum atomic E-state index is 0.0384. The van der Waals surface area contributed by atoms with Crippen molar-refractivity contribution >= 4 is 22.9 Å². The van der Waals surface area contributed by atoms with Crippen molar-refractivity contribution in [2.45, 2.75) is 84.8 Å². The van der Waals surface area contributed by atoms with Gasteiger partial charge in [-0.05, 0) is 51.3 Å². The Balaban J connectivity index is 2.14. The highest BCUT2D eigenvalue weighted by Gasteiger charge is 2.52. The Kier molecular flexibility index (Phi) is 4.96.